The van der Waals surface area contributed by atoms with Crippen molar-refractivity contribution in [2.24, 2.45) is 17.8 Å². The molecular weight excluding hydrogens is 536 g/mol. The lowest BCUT2D eigenvalue weighted by Crippen LogP contribution is -2.34. The normalized spacial score (nSPS) is 23.5. The first kappa shape index (κ1) is 28.9. The lowest BCUT2D eigenvalue weighted by Gasteiger charge is -2.32. The Morgan fingerprint density at radius 2 is 1.65 bits per heavy atom. The van der Waals surface area contributed by atoms with Crippen molar-refractivity contribution in [1.29, 1.82) is 0 Å². The molecule has 2 aliphatic heterocycles. The Bertz CT molecular complexity index is 1530. The number of phenols is 1. The average Bonchev–Trinajstić information content (AvgIpc) is 3.55. The van der Waals surface area contributed by atoms with Crippen molar-refractivity contribution in [3.63, 3.8) is 0 Å². The quantitative estimate of drug-likeness (QED) is 0.189. The molecule has 43 heavy (non-hydrogen) atoms. The van der Waals surface area contributed by atoms with Gasteiger partial charge in [0.05, 0.1) is 30.2 Å². The lowest BCUT2D eigenvalue weighted by molar-refractivity contribution is -0.122. The maximum Gasteiger partial charge on any atom is 0.238 e. The summed E-state index contributed by atoms with van der Waals surface area (Å²) in [7, 11) is 0. The van der Waals surface area contributed by atoms with E-state index in [9.17, 15) is 14.7 Å². The van der Waals surface area contributed by atoms with Gasteiger partial charge in [0, 0.05) is 17.3 Å². The van der Waals surface area contributed by atoms with E-state index in [0.29, 0.717) is 18.7 Å². The van der Waals surface area contributed by atoms with E-state index in [1.165, 1.54) is 21.6 Å². The Morgan fingerprint density at radius 3 is 2.35 bits per heavy atom. The molecule has 6 nitrogen and oxygen atoms in total. The summed E-state index contributed by atoms with van der Waals surface area (Å²) < 4.78 is 6.43. The Hall–Kier alpha value is -4.16. The van der Waals surface area contributed by atoms with Crippen LogP contribution in [0, 0.1) is 17.8 Å². The largest absolute Gasteiger partial charge is 0.508 e. The number of para-hydroxylation sites is 1. The first-order chi connectivity index (χ1) is 21.0. The van der Waals surface area contributed by atoms with E-state index in [2.05, 4.69) is 25.2 Å². The molecule has 4 atom stereocenters. The topological polar surface area (TPSA) is 78.9 Å². The molecule has 3 aromatic rings. The summed E-state index contributed by atoms with van der Waals surface area (Å²) in [6.45, 7) is 4.83. The van der Waals surface area contributed by atoms with Crippen LogP contribution in [0.3, 0.4) is 0 Å². The Kier molecular flexibility index (Phi) is 8.48. The molecule has 2 saturated heterocycles. The summed E-state index contributed by atoms with van der Waals surface area (Å²) >= 11 is 0. The van der Waals surface area contributed by atoms with Crippen LogP contribution < -0.4 is 10.2 Å². The SMILES string of the molecule is CCCC1=C2[C@@H](CC/C(=C/c3ccc(O)cc3)CC)OC[C@@H]2[C@@H]2C(=O)N(c3ccc(Nc4ccccc4)cc3)C(=O)[C@@H]2C1. The molecule has 0 radical (unpaired) electrons. The van der Waals surface area contributed by atoms with Gasteiger partial charge in [-0.1, -0.05) is 67.8 Å². The standard InChI is InChI=1S/C37H40N2O4/c1-3-8-26-22-31-35(32-23-43-33(34(26)32)20-13-24(4-2)21-25-11-18-30(40)19-12-25)37(42)39(36(31)41)29-16-14-28(15-17-29)38-27-9-6-5-7-10-27/h5-7,9-12,14-19,21,31-33,35,38,40H,3-4,8,13,20,22-23H2,1-2H3/b24-21+/t31-,32+,33-,35-/m1/s1. The fourth-order valence-electron chi connectivity index (χ4n) is 7.12. The number of imide groups is 1. The van der Waals surface area contributed by atoms with Crippen molar-refractivity contribution in [2.75, 3.05) is 16.8 Å². The number of phenolic OH excluding ortho intramolecular Hbond substituents is 1. The molecule has 3 aromatic carbocycles. The predicted octanol–water partition coefficient (Wildman–Crippen LogP) is 8.03. The highest BCUT2D eigenvalue weighted by molar-refractivity contribution is 6.22. The maximum atomic E-state index is 14.0. The van der Waals surface area contributed by atoms with Crippen LogP contribution in [-0.2, 0) is 14.3 Å². The van der Waals surface area contributed by atoms with Crippen LogP contribution in [0.25, 0.3) is 6.08 Å². The molecule has 222 valence electrons. The number of allylic oxidation sites excluding steroid dienone is 2. The highest BCUT2D eigenvalue weighted by Crippen LogP contribution is 2.51. The number of benzene rings is 3. The molecule has 3 aliphatic rings. The van der Waals surface area contributed by atoms with Crippen molar-refractivity contribution in [1.82, 2.24) is 0 Å². The number of ether oxygens (including phenoxy) is 1. The monoisotopic (exact) mass is 576 g/mol. The number of hydrogen-bond donors (Lipinski definition) is 2. The fourth-order valence-corrected chi connectivity index (χ4v) is 7.12. The van der Waals surface area contributed by atoms with E-state index in [1.807, 2.05) is 66.7 Å². The Morgan fingerprint density at radius 1 is 0.930 bits per heavy atom. The molecule has 6 heteroatoms. The summed E-state index contributed by atoms with van der Waals surface area (Å²) in [5.41, 5.74) is 7.52. The third-order valence-corrected chi connectivity index (χ3v) is 9.19. The molecule has 0 spiro atoms. The zero-order valence-electron chi connectivity index (χ0n) is 25.0. The van der Waals surface area contributed by atoms with Crippen molar-refractivity contribution in [3.05, 3.63) is 101 Å². The minimum absolute atomic E-state index is 0.0254. The number of carbonyl (C=O) groups excluding carboxylic acids is 2. The highest BCUT2D eigenvalue weighted by atomic mass is 16.5. The highest BCUT2D eigenvalue weighted by Gasteiger charge is 2.57. The van der Waals surface area contributed by atoms with Gasteiger partial charge in [0.25, 0.3) is 0 Å². The van der Waals surface area contributed by atoms with Crippen LogP contribution in [0.5, 0.6) is 5.75 Å². The zero-order chi connectivity index (χ0) is 29.9. The Balaban J connectivity index is 1.19. The average molecular weight is 577 g/mol. The molecule has 0 unspecified atom stereocenters. The number of nitrogens with zero attached hydrogens (tertiary/aromatic N) is 1. The lowest BCUT2D eigenvalue weighted by atomic mass is 9.68. The second-order valence-corrected chi connectivity index (χ2v) is 11.9. The van der Waals surface area contributed by atoms with Gasteiger partial charge >= 0.3 is 0 Å². The summed E-state index contributed by atoms with van der Waals surface area (Å²) in [6, 6.07) is 24.8. The van der Waals surface area contributed by atoms with Gasteiger partial charge in [0.2, 0.25) is 11.8 Å². The second kappa shape index (κ2) is 12.6. The van der Waals surface area contributed by atoms with Crippen molar-refractivity contribution < 1.29 is 19.4 Å². The molecule has 2 fully saturated rings. The van der Waals surface area contributed by atoms with Crippen LogP contribution >= 0.6 is 0 Å². The van der Waals surface area contributed by atoms with Gasteiger partial charge in [-0.25, -0.2) is 0 Å². The molecular formula is C37H40N2O4. The van der Waals surface area contributed by atoms with E-state index in [0.717, 1.165) is 49.0 Å². The number of rotatable bonds is 10. The van der Waals surface area contributed by atoms with Crippen LogP contribution in [0.15, 0.2) is 95.6 Å². The van der Waals surface area contributed by atoms with Gasteiger partial charge in [0.15, 0.2) is 0 Å². The van der Waals surface area contributed by atoms with E-state index < -0.39 is 0 Å². The molecule has 2 amide bonds. The van der Waals surface area contributed by atoms with E-state index in [1.54, 1.807) is 12.1 Å². The summed E-state index contributed by atoms with van der Waals surface area (Å²) in [5, 5.41) is 13.0. The van der Waals surface area contributed by atoms with Crippen molar-refractivity contribution >= 4 is 35.0 Å². The third kappa shape index (κ3) is 5.89. The molecule has 6 rings (SSSR count). The summed E-state index contributed by atoms with van der Waals surface area (Å²) in [6.07, 6.45) is 7.43. The second-order valence-electron chi connectivity index (χ2n) is 11.9. The van der Waals surface area contributed by atoms with Crippen LogP contribution in [0.4, 0.5) is 17.1 Å². The minimum Gasteiger partial charge on any atom is -0.508 e. The molecule has 2 heterocycles. The number of carbonyl (C=O) groups is 2. The number of fused-ring (bicyclic) bond motifs is 3. The number of anilines is 3. The first-order valence-corrected chi connectivity index (χ1v) is 15.6. The third-order valence-electron chi connectivity index (χ3n) is 9.19. The van der Waals surface area contributed by atoms with Crippen molar-refractivity contribution in [2.45, 2.75) is 58.5 Å². The number of amides is 2. The van der Waals surface area contributed by atoms with Gasteiger partial charge in [-0.2, -0.15) is 0 Å². The molecule has 0 bridgehead atoms. The smallest absolute Gasteiger partial charge is 0.238 e. The first-order valence-electron chi connectivity index (χ1n) is 15.6. The summed E-state index contributed by atoms with van der Waals surface area (Å²) in [4.78, 5) is 29.2. The molecule has 1 aliphatic carbocycles. The number of aromatic hydroxyl groups is 1. The maximum absolute atomic E-state index is 14.0. The minimum atomic E-state index is -0.367. The van der Waals surface area contributed by atoms with Gasteiger partial charge in [0.1, 0.15) is 5.75 Å². The van der Waals surface area contributed by atoms with E-state index in [-0.39, 0.29) is 41.4 Å². The summed E-state index contributed by atoms with van der Waals surface area (Å²) in [5.74, 6) is -0.650. The zero-order valence-corrected chi connectivity index (χ0v) is 25.0. The van der Waals surface area contributed by atoms with Crippen LogP contribution in [-0.4, -0.2) is 29.6 Å². The van der Waals surface area contributed by atoms with Crippen LogP contribution in [0.2, 0.25) is 0 Å². The molecule has 0 saturated carbocycles. The predicted molar refractivity (Wildman–Crippen MR) is 171 cm³/mol. The van der Waals surface area contributed by atoms with Gasteiger partial charge in [-0.3, -0.25) is 14.5 Å². The van der Waals surface area contributed by atoms with E-state index >= 15 is 0 Å². The fraction of sp³-hybridized carbons (Fsp3) is 0.351. The number of hydrogen-bond acceptors (Lipinski definition) is 5. The Labute approximate surface area is 254 Å². The molecule has 0 aromatic heterocycles. The van der Waals surface area contributed by atoms with Gasteiger partial charge < -0.3 is 15.2 Å². The van der Waals surface area contributed by atoms with Crippen molar-refractivity contribution in [3.8, 4) is 5.75 Å². The van der Waals surface area contributed by atoms with Gasteiger partial charge in [-0.15, -0.1) is 0 Å². The van der Waals surface area contributed by atoms with E-state index in [4.69, 9.17) is 4.74 Å². The van der Waals surface area contributed by atoms with Crippen LogP contribution in [0.1, 0.15) is 57.9 Å². The van der Waals surface area contributed by atoms with Gasteiger partial charge in [-0.05, 0) is 91.8 Å². The number of nitrogens with one attached hydrogen (secondary N) is 1. The molecule has 2 N–H and O–H groups in total.